The Morgan fingerprint density at radius 2 is 2.30 bits per heavy atom. The zero-order valence-corrected chi connectivity index (χ0v) is 12.6. The summed E-state index contributed by atoms with van der Waals surface area (Å²) in [6.07, 6.45) is 0.714. The van der Waals surface area contributed by atoms with Gasteiger partial charge in [0, 0.05) is 10.9 Å². The number of halogens is 1. The van der Waals surface area contributed by atoms with Crippen molar-refractivity contribution in [2.75, 3.05) is 0 Å². The molecule has 0 radical (unpaired) electrons. The lowest BCUT2D eigenvalue weighted by Gasteiger charge is -2.05. The molecule has 0 saturated heterocycles. The molecule has 0 bridgehead atoms. The molecule has 104 valence electrons. The molecule has 0 aromatic carbocycles. The number of H-pyrrole nitrogens is 1. The summed E-state index contributed by atoms with van der Waals surface area (Å²) in [7, 11) is 0. The van der Waals surface area contributed by atoms with Gasteiger partial charge in [-0.2, -0.15) is 0 Å². The average Bonchev–Trinajstić information content (AvgIpc) is 3.03. The van der Waals surface area contributed by atoms with Crippen LogP contribution in [0.15, 0.2) is 26.7 Å². The van der Waals surface area contributed by atoms with Crippen molar-refractivity contribution in [3.63, 3.8) is 0 Å². The summed E-state index contributed by atoms with van der Waals surface area (Å²) in [5, 5.41) is 2.18. The van der Waals surface area contributed by atoms with Gasteiger partial charge in [-0.1, -0.05) is 6.92 Å². The summed E-state index contributed by atoms with van der Waals surface area (Å²) >= 11 is 7.57. The van der Waals surface area contributed by atoms with Gasteiger partial charge in [0.25, 0.3) is 5.56 Å². The molecule has 3 aromatic heterocycles. The van der Waals surface area contributed by atoms with E-state index in [1.165, 1.54) is 11.3 Å². The summed E-state index contributed by atoms with van der Waals surface area (Å²) in [6, 6.07) is 3.74. The summed E-state index contributed by atoms with van der Waals surface area (Å²) in [6.45, 7) is 3.82. The van der Waals surface area contributed by atoms with E-state index in [2.05, 4.69) is 9.97 Å². The van der Waals surface area contributed by atoms with Crippen LogP contribution < -0.4 is 5.56 Å². The van der Waals surface area contributed by atoms with E-state index in [0.717, 1.165) is 11.3 Å². The van der Waals surface area contributed by atoms with E-state index in [-0.39, 0.29) is 10.9 Å². The molecule has 0 aliphatic heterocycles. The third-order valence-corrected chi connectivity index (χ3v) is 4.51. The molecule has 1 N–H and O–H groups in total. The Labute approximate surface area is 124 Å². The summed E-state index contributed by atoms with van der Waals surface area (Å²) < 4.78 is 5.59. The topological polar surface area (TPSA) is 58.9 Å². The van der Waals surface area contributed by atoms with Crippen LogP contribution in [0.1, 0.15) is 30.3 Å². The van der Waals surface area contributed by atoms with Crippen molar-refractivity contribution in [3.05, 3.63) is 39.5 Å². The fourth-order valence-electron chi connectivity index (χ4n) is 2.07. The fraction of sp³-hybridized carbons (Fsp3) is 0.286. The number of aryl methyl sites for hydroxylation is 1. The van der Waals surface area contributed by atoms with Crippen LogP contribution in [0.25, 0.3) is 21.5 Å². The van der Waals surface area contributed by atoms with Crippen molar-refractivity contribution < 1.29 is 4.42 Å². The first kappa shape index (κ1) is 13.4. The molecule has 1 unspecified atom stereocenters. The van der Waals surface area contributed by atoms with Crippen LogP contribution in [-0.4, -0.2) is 9.97 Å². The number of hydrogen-bond acceptors (Lipinski definition) is 4. The predicted octanol–water partition coefficient (Wildman–Crippen LogP) is 4.24. The Bertz CT molecular complexity index is 818. The van der Waals surface area contributed by atoms with Crippen molar-refractivity contribution in [3.8, 4) is 11.3 Å². The molecule has 0 aliphatic carbocycles. The van der Waals surface area contributed by atoms with E-state index in [1.54, 1.807) is 0 Å². The number of rotatable bonds is 3. The molecule has 0 spiro atoms. The minimum Gasteiger partial charge on any atom is -0.461 e. The Morgan fingerprint density at radius 3 is 2.95 bits per heavy atom. The van der Waals surface area contributed by atoms with Gasteiger partial charge in [-0.15, -0.1) is 22.9 Å². The number of furan rings is 1. The lowest BCUT2D eigenvalue weighted by atomic mass is 10.2. The molecule has 0 amide bonds. The lowest BCUT2D eigenvalue weighted by Crippen LogP contribution is -2.12. The monoisotopic (exact) mass is 308 g/mol. The van der Waals surface area contributed by atoms with Gasteiger partial charge >= 0.3 is 0 Å². The third kappa shape index (κ3) is 2.17. The van der Waals surface area contributed by atoms with Gasteiger partial charge in [-0.05, 0) is 25.5 Å². The Morgan fingerprint density at radius 1 is 1.50 bits per heavy atom. The first-order valence-electron chi connectivity index (χ1n) is 6.32. The predicted molar refractivity (Wildman–Crippen MR) is 81.6 cm³/mol. The molecular formula is C14H13ClN2O2S. The lowest BCUT2D eigenvalue weighted by molar-refractivity contribution is 0.549. The van der Waals surface area contributed by atoms with E-state index in [1.807, 2.05) is 31.4 Å². The zero-order chi connectivity index (χ0) is 14.3. The van der Waals surface area contributed by atoms with Crippen LogP contribution in [0.2, 0.25) is 0 Å². The molecule has 1 atom stereocenters. The number of thiophene rings is 1. The number of nitrogens with one attached hydrogen (secondary N) is 1. The second kappa shape index (κ2) is 5.07. The number of fused-ring (bicyclic) bond motifs is 1. The first-order chi connectivity index (χ1) is 9.60. The second-order valence-electron chi connectivity index (χ2n) is 4.57. The Balaban J connectivity index is 2.21. The highest BCUT2D eigenvalue weighted by molar-refractivity contribution is 7.17. The maximum absolute atomic E-state index is 12.3. The molecule has 3 aromatic rings. The second-order valence-corrected chi connectivity index (χ2v) is 5.95. The van der Waals surface area contributed by atoms with E-state index >= 15 is 0 Å². The average molecular weight is 309 g/mol. The van der Waals surface area contributed by atoms with Gasteiger partial charge in [0.1, 0.15) is 22.2 Å². The number of aromatic amines is 1. The van der Waals surface area contributed by atoms with Gasteiger partial charge in [0.15, 0.2) is 0 Å². The molecule has 0 aliphatic rings. The van der Waals surface area contributed by atoms with Crippen molar-refractivity contribution in [2.24, 2.45) is 0 Å². The standard InChI is InChI=1S/C14H13ClN2O2S/c1-3-9(15)12-16-13(18)11-8(6-20-14(11)17-12)10-5-4-7(2)19-10/h4-6,9H,3H2,1-2H3,(H,16,17,18). The van der Waals surface area contributed by atoms with E-state index in [4.69, 9.17) is 16.0 Å². The molecule has 4 nitrogen and oxygen atoms in total. The smallest absolute Gasteiger partial charge is 0.260 e. The van der Waals surface area contributed by atoms with E-state index < -0.39 is 0 Å². The molecular weight excluding hydrogens is 296 g/mol. The number of aromatic nitrogens is 2. The normalized spacial score (nSPS) is 12.9. The minimum absolute atomic E-state index is 0.172. The number of nitrogens with zero attached hydrogens (tertiary/aromatic N) is 1. The summed E-state index contributed by atoms with van der Waals surface area (Å²) in [5.74, 6) is 2.02. The van der Waals surface area contributed by atoms with Crippen molar-refractivity contribution in [2.45, 2.75) is 25.6 Å². The quantitative estimate of drug-likeness (QED) is 0.736. The van der Waals surface area contributed by atoms with Gasteiger partial charge in [-0.3, -0.25) is 4.79 Å². The summed E-state index contributed by atoms with van der Waals surface area (Å²) in [5.41, 5.74) is 0.607. The SMILES string of the molecule is CCC(Cl)c1nc2scc(-c3ccc(C)o3)c2c(=O)[nH]1. The van der Waals surface area contributed by atoms with Gasteiger partial charge < -0.3 is 9.40 Å². The van der Waals surface area contributed by atoms with Crippen LogP contribution in [0.4, 0.5) is 0 Å². The minimum atomic E-state index is -0.275. The van der Waals surface area contributed by atoms with Crippen molar-refractivity contribution in [1.82, 2.24) is 9.97 Å². The highest BCUT2D eigenvalue weighted by Crippen LogP contribution is 2.32. The van der Waals surface area contributed by atoms with Crippen molar-refractivity contribution in [1.29, 1.82) is 0 Å². The number of hydrogen-bond donors (Lipinski definition) is 1. The summed E-state index contributed by atoms with van der Waals surface area (Å²) in [4.78, 5) is 20.2. The van der Waals surface area contributed by atoms with Crippen LogP contribution in [0, 0.1) is 6.92 Å². The van der Waals surface area contributed by atoms with Crippen LogP contribution in [0.3, 0.4) is 0 Å². The van der Waals surface area contributed by atoms with Crippen LogP contribution in [0.5, 0.6) is 0 Å². The third-order valence-electron chi connectivity index (χ3n) is 3.12. The van der Waals surface area contributed by atoms with E-state index in [9.17, 15) is 4.79 Å². The maximum Gasteiger partial charge on any atom is 0.260 e. The fourth-order valence-corrected chi connectivity index (χ4v) is 3.11. The zero-order valence-electron chi connectivity index (χ0n) is 11.1. The highest BCUT2D eigenvalue weighted by atomic mass is 35.5. The first-order valence-corrected chi connectivity index (χ1v) is 7.64. The largest absolute Gasteiger partial charge is 0.461 e. The maximum atomic E-state index is 12.3. The number of alkyl halides is 1. The Hall–Kier alpha value is -1.59. The molecule has 3 rings (SSSR count). The highest BCUT2D eigenvalue weighted by Gasteiger charge is 2.17. The Kier molecular flexibility index (Phi) is 3.40. The van der Waals surface area contributed by atoms with E-state index in [0.29, 0.717) is 28.2 Å². The van der Waals surface area contributed by atoms with Gasteiger partial charge in [0.2, 0.25) is 0 Å². The van der Waals surface area contributed by atoms with Crippen molar-refractivity contribution >= 4 is 33.2 Å². The molecule has 20 heavy (non-hydrogen) atoms. The van der Waals surface area contributed by atoms with Gasteiger partial charge in [-0.25, -0.2) is 4.98 Å². The molecule has 6 heteroatoms. The van der Waals surface area contributed by atoms with Gasteiger partial charge in [0.05, 0.1) is 10.8 Å². The van der Waals surface area contributed by atoms with Crippen LogP contribution in [-0.2, 0) is 0 Å². The van der Waals surface area contributed by atoms with Crippen LogP contribution >= 0.6 is 22.9 Å². The molecule has 0 saturated carbocycles. The molecule has 3 heterocycles. The molecule has 0 fully saturated rings.